The molecule has 0 aliphatic heterocycles. The van der Waals surface area contributed by atoms with Gasteiger partial charge in [0.25, 0.3) is 0 Å². The number of furan rings is 1. The number of fused-ring (bicyclic) bond motifs is 1. The minimum Gasteiger partial charge on any atom is -0.464 e. The Kier molecular flexibility index (Phi) is 3.59. The summed E-state index contributed by atoms with van der Waals surface area (Å²) >= 11 is 0. The highest BCUT2D eigenvalue weighted by Crippen LogP contribution is 2.21. The maximum Gasteiger partial charge on any atom is 0.134 e. The molecule has 0 fully saturated rings. The molecule has 3 nitrogen and oxygen atoms in total. The normalized spacial score (nSPS) is 11.4. The Morgan fingerprint density at radius 1 is 1.31 bits per heavy atom. The van der Waals surface area contributed by atoms with E-state index in [2.05, 4.69) is 18.0 Å². The molecular formula is C13H17NO2. The molecule has 0 unspecified atom stereocenters. The lowest BCUT2D eigenvalue weighted by Crippen LogP contribution is -2.19. The van der Waals surface area contributed by atoms with Crippen LogP contribution in [0.15, 0.2) is 34.9 Å². The minimum absolute atomic E-state index is 0.247. The second-order valence-corrected chi connectivity index (χ2v) is 4.07. The zero-order valence-corrected chi connectivity index (χ0v) is 9.52. The molecule has 0 aliphatic rings. The lowest BCUT2D eigenvalue weighted by molar-refractivity contribution is 0.244. The summed E-state index contributed by atoms with van der Waals surface area (Å²) in [7, 11) is 2.05. The van der Waals surface area contributed by atoms with Gasteiger partial charge in [-0.1, -0.05) is 18.2 Å². The van der Waals surface area contributed by atoms with Crippen molar-refractivity contribution in [1.29, 1.82) is 0 Å². The van der Waals surface area contributed by atoms with Crippen LogP contribution in [-0.2, 0) is 6.54 Å². The van der Waals surface area contributed by atoms with Crippen molar-refractivity contribution in [3.63, 3.8) is 0 Å². The molecule has 0 amide bonds. The van der Waals surface area contributed by atoms with Gasteiger partial charge in [0, 0.05) is 30.6 Å². The van der Waals surface area contributed by atoms with E-state index in [4.69, 9.17) is 9.52 Å². The number of para-hydroxylation sites is 1. The fourth-order valence-electron chi connectivity index (χ4n) is 1.87. The summed E-state index contributed by atoms with van der Waals surface area (Å²) in [5.41, 5.74) is 2.14. The Morgan fingerprint density at radius 2 is 2.12 bits per heavy atom. The second kappa shape index (κ2) is 5.14. The number of aliphatic hydroxyl groups is 1. The van der Waals surface area contributed by atoms with Crippen molar-refractivity contribution >= 4 is 11.0 Å². The molecule has 1 aromatic carbocycles. The van der Waals surface area contributed by atoms with E-state index in [0.717, 1.165) is 25.1 Å². The van der Waals surface area contributed by atoms with Crippen LogP contribution < -0.4 is 0 Å². The Morgan fingerprint density at radius 3 is 2.94 bits per heavy atom. The molecule has 0 saturated carbocycles. The quantitative estimate of drug-likeness (QED) is 0.838. The molecular weight excluding hydrogens is 202 g/mol. The van der Waals surface area contributed by atoms with Gasteiger partial charge in [-0.05, 0) is 19.5 Å². The molecule has 2 aromatic rings. The molecule has 0 saturated heterocycles. The van der Waals surface area contributed by atoms with Gasteiger partial charge >= 0.3 is 0 Å². The van der Waals surface area contributed by atoms with Gasteiger partial charge in [0.1, 0.15) is 5.58 Å². The van der Waals surface area contributed by atoms with Crippen molar-refractivity contribution in [3.05, 3.63) is 36.1 Å². The van der Waals surface area contributed by atoms with Gasteiger partial charge in [-0.3, -0.25) is 0 Å². The van der Waals surface area contributed by atoms with Gasteiger partial charge in [0.15, 0.2) is 0 Å². The number of nitrogens with zero attached hydrogens (tertiary/aromatic N) is 1. The molecule has 1 N–H and O–H groups in total. The number of benzene rings is 1. The van der Waals surface area contributed by atoms with Gasteiger partial charge in [-0.2, -0.15) is 0 Å². The van der Waals surface area contributed by atoms with E-state index in [0.29, 0.717) is 0 Å². The zero-order valence-electron chi connectivity index (χ0n) is 9.52. The third kappa shape index (κ3) is 2.43. The molecule has 0 aliphatic carbocycles. The Balaban J connectivity index is 2.09. The third-order valence-corrected chi connectivity index (χ3v) is 2.70. The van der Waals surface area contributed by atoms with Crippen LogP contribution in [0.2, 0.25) is 0 Å². The topological polar surface area (TPSA) is 36.6 Å². The number of hydrogen-bond acceptors (Lipinski definition) is 3. The predicted octanol–water partition coefficient (Wildman–Crippen LogP) is 2.25. The van der Waals surface area contributed by atoms with E-state index in [1.54, 1.807) is 0 Å². The van der Waals surface area contributed by atoms with E-state index in [1.165, 1.54) is 10.9 Å². The summed E-state index contributed by atoms with van der Waals surface area (Å²) in [5, 5.41) is 9.95. The standard InChI is InChI=1S/C13H17NO2/c1-14(7-4-8-15)9-11-10-16-13-6-3-2-5-12(11)13/h2-3,5-6,10,15H,4,7-9H2,1H3. The summed E-state index contributed by atoms with van der Waals surface area (Å²) in [6.45, 7) is 2.00. The first-order valence-electron chi connectivity index (χ1n) is 5.56. The summed E-state index contributed by atoms with van der Waals surface area (Å²) in [5.74, 6) is 0. The smallest absolute Gasteiger partial charge is 0.134 e. The number of hydrogen-bond donors (Lipinski definition) is 1. The zero-order chi connectivity index (χ0) is 11.4. The van der Waals surface area contributed by atoms with Crippen LogP contribution in [-0.4, -0.2) is 30.2 Å². The second-order valence-electron chi connectivity index (χ2n) is 4.07. The van der Waals surface area contributed by atoms with Crippen molar-refractivity contribution in [3.8, 4) is 0 Å². The van der Waals surface area contributed by atoms with Gasteiger partial charge in [0.05, 0.1) is 6.26 Å². The maximum atomic E-state index is 8.77. The molecule has 86 valence electrons. The molecule has 2 rings (SSSR count). The first-order chi connectivity index (χ1) is 7.81. The van der Waals surface area contributed by atoms with Crippen LogP contribution in [0.3, 0.4) is 0 Å². The van der Waals surface area contributed by atoms with E-state index < -0.39 is 0 Å². The molecule has 0 spiro atoms. The SMILES string of the molecule is CN(CCCO)Cc1coc2ccccc12. The van der Waals surface area contributed by atoms with Gasteiger partial charge < -0.3 is 14.4 Å². The van der Waals surface area contributed by atoms with Crippen LogP contribution in [0.5, 0.6) is 0 Å². The lowest BCUT2D eigenvalue weighted by Gasteiger charge is -2.14. The molecule has 0 atom stereocenters. The molecule has 3 heteroatoms. The molecule has 1 aromatic heterocycles. The average Bonchev–Trinajstić information content (AvgIpc) is 2.70. The third-order valence-electron chi connectivity index (χ3n) is 2.70. The van der Waals surface area contributed by atoms with Crippen LogP contribution in [0.4, 0.5) is 0 Å². The highest BCUT2D eigenvalue weighted by Gasteiger charge is 2.07. The van der Waals surface area contributed by atoms with E-state index in [-0.39, 0.29) is 6.61 Å². The molecule has 0 radical (unpaired) electrons. The summed E-state index contributed by atoms with van der Waals surface area (Å²) in [4.78, 5) is 2.19. The highest BCUT2D eigenvalue weighted by molar-refractivity contribution is 5.80. The van der Waals surface area contributed by atoms with Crippen molar-refractivity contribution in [2.45, 2.75) is 13.0 Å². The predicted molar refractivity (Wildman–Crippen MR) is 64.3 cm³/mol. The fraction of sp³-hybridized carbons (Fsp3) is 0.385. The summed E-state index contributed by atoms with van der Waals surface area (Å²) in [6.07, 6.45) is 2.63. The lowest BCUT2D eigenvalue weighted by atomic mass is 10.1. The number of rotatable bonds is 5. The van der Waals surface area contributed by atoms with Crippen molar-refractivity contribution < 1.29 is 9.52 Å². The van der Waals surface area contributed by atoms with Gasteiger partial charge in [-0.25, -0.2) is 0 Å². The first-order valence-corrected chi connectivity index (χ1v) is 5.56. The van der Waals surface area contributed by atoms with E-state index in [9.17, 15) is 0 Å². The molecule has 1 heterocycles. The van der Waals surface area contributed by atoms with Gasteiger partial charge in [-0.15, -0.1) is 0 Å². The van der Waals surface area contributed by atoms with Crippen LogP contribution in [0.25, 0.3) is 11.0 Å². The van der Waals surface area contributed by atoms with Crippen molar-refractivity contribution in [2.75, 3.05) is 20.2 Å². The van der Waals surface area contributed by atoms with Gasteiger partial charge in [0.2, 0.25) is 0 Å². The first kappa shape index (κ1) is 11.2. The van der Waals surface area contributed by atoms with Crippen LogP contribution >= 0.6 is 0 Å². The number of aliphatic hydroxyl groups excluding tert-OH is 1. The Hall–Kier alpha value is -1.32. The largest absolute Gasteiger partial charge is 0.464 e. The Labute approximate surface area is 95.3 Å². The van der Waals surface area contributed by atoms with Crippen molar-refractivity contribution in [2.24, 2.45) is 0 Å². The highest BCUT2D eigenvalue weighted by atomic mass is 16.3. The summed E-state index contributed by atoms with van der Waals surface area (Å²) < 4.78 is 5.48. The minimum atomic E-state index is 0.247. The fourth-order valence-corrected chi connectivity index (χ4v) is 1.87. The van der Waals surface area contributed by atoms with Crippen molar-refractivity contribution in [1.82, 2.24) is 4.90 Å². The monoisotopic (exact) mass is 219 g/mol. The van der Waals surface area contributed by atoms with Crippen LogP contribution in [0.1, 0.15) is 12.0 Å². The summed E-state index contributed by atoms with van der Waals surface area (Å²) in [6, 6.07) is 8.06. The average molecular weight is 219 g/mol. The molecule has 0 bridgehead atoms. The van der Waals surface area contributed by atoms with E-state index >= 15 is 0 Å². The van der Waals surface area contributed by atoms with E-state index in [1.807, 2.05) is 24.5 Å². The maximum absolute atomic E-state index is 8.77. The Bertz CT molecular complexity index is 450. The van der Waals surface area contributed by atoms with Crippen LogP contribution in [0, 0.1) is 0 Å². The molecule has 16 heavy (non-hydrogen) atoms.